The van der Waals surface area contributed by atoms with Gasteiger partial charge in [0.05, 0.1) is 5.75 Å². The van der Waals surface area contributed by atoms with Crippen LogP contribution in [0, 0.1) is 0 Å². The molecule has 0 unspecified atom stereocenters. The minimum absolute atomic E-state index is 0.0238. The summed E-state index contributed by atoms with van der Waals surface area (Å²) in [6.07, 6.45) is 4.76. The number of pyridine rings is 1. The molecule has 0 aliphatic heterocycles. The van der Waals surface area contributed by atoms with Gasteiger partial charge in [0.2, 0.25) is 10.0 Å². The third kappa shape index (κ3) is 7.53. The van der Waals surface area contributed by atoms with E-state index in [1.165, 1.54) is 0 Å². The van der Waals surface area contributed by atoms with Crippen molar-refractivity contribution in [2.45, 2.75) is 25.7 Å². The maximum absolute atomic E-state index is 11.7. The van der Waals surface area contributed by atoms with Crippen LogP contribution in [0.5, 0.6) is 0 Å². The molecule has 1 rings (SSSR count). The van der Waals surface area contributed by atoms with E-state index in [1.54, 1.807) is 24.5 Å². The van der Waals surface area contributed by atoms with Gasteiger partial charge < -0.3 is 5.11 Å². The fraction of sp³-hybridized carbons (Fsp3) is 0.500. The summed E-state index contributed by atoms with van der Waals surface area (Å²) < 4.78 is 25.8. The van der Waals surface area contributed by atoms with E-state index in [0.29, 0.717) is 19.3 Å². The van der Waals surface area contributed by atoms with Crippen LogP contribution in [-0.2, 0) is 21.2 Å². The summed E-state index contributed by atoms with van der Waals surface area (Å²) in [4.78, 5) is 14.1. The van der Waals surface area contributed by atoms with E-state index in [-0.39, 0.29) is 18.7 Å². The number of aromatic nitrogens is 1. The Labute approximate surface area is 112 Å². The molecular formula is C12H18N2O4S. The number of aliphatic carboxylic acids is 1. The molecule has 0 spiro atoms. The van der Waals surface area contributed by atoms with Gasteiger partial charge in [-0.15, -0.1) is 0 Å². The lowest BCUT2D eigenvalue weighted by atomic mass is 10.2. The van der Waals surface area contributed by atoms with Crippen molar-refractivity contribution in [2.75, 3.05) is 12.3 Å². The van der Waals surface area contributed by atoms with Crippen LogP contribution in [0.2, 0.25) is 0 Å². The summed E-state index contributed by atoms with van der Waals surface area (Å²) in [5.41, 5.74) is 0.922. The minimum atomic E-state index is -3.30. The lowest BCUT2D eigenvalue weighted by Gasteiger charge is -2.06. The quantitative estimate of drug-likeness (QED) is 0.654. The molecule has 1 heterocycles. The highest BCUT2D eigenvalue weighted by Gasteiger charge is 2.09. The van der Waals surface area contributed by atoms with Gasteiger partial charge in [0.15, 0.2) is 0 Å². The molecule has 0 radical (unpaired) electrons. The Morgan fingerprint density at radius 2 is 1.95 bits per heavy atom. The van der Waals surface area contributed by atoms with Crippen molar-refractivity contribution >= 4 is 16.0 Å². The van der Waals surface area contributed by atoms with Crippen LogP contribution in [0.25, 0.3) is 0 Å². The Morgan fingerprint density at radius 1 is 1.26 bits per heavy atom. The number of carboxylic acids is 1. The second kappa shape index (κ2) is 7.85. The average molecular weight is 286 g/mol. The normalized spacial score (nSPS) is 11.4. The van der Waals surface area contributed by atoms with Crippen LogP contribution in [-0.4, -0.2) is 36.8 Å². The Hall–Kier alpha value is -1.47. The fourth-order valence-electron chi connectivity index (χ4n) is 1.50. The van der Waals surface area contributed by atoms with Crippen LogP contribution >= 0.6 is 0 Å². The number of sulfonamides is 1. The van der Waals surface area contributed by atoms with Crippen LogP contribution in [0.4, 0.5) is 0 Å². The molecule has 0 saturated carbocycles. The standard InChI is InChI=1S/C12H18N2O4S/c15-12(16)3-1-2-7-14-19(17,18)10-6-11-4-8-13-9-5-11/h4-5,8-9,14H,1-3,6-7,10H2,(H,15,16). The fourth-order valence-corrected chi connectivity index (χ4v) is 2.61. The predicted molar refractivity (Wildman–Crippen MR) is 71.2 cm³/mol. The first-order valence-electron chi connectivity index (χ1n) is 6.07. The monoisotopic (exact) mass is 286 g/mol. The highest BCUT2D eigenvalue weighted by Crippen LogP contribution is 2.00. The van der Waals surface area contributed by atoms with Crippen molar-refractivity contribution in [2.24, 2.45) is 0 Å². The summed E-state index contributed by atoms with van der Waals surface area (Å²) in [5.74, 6) is -0.837. The lowest BCUT2D eigenvalue weighted by molar-refractivity contribution is -0.137. The molecule has 0 aromatic carbocycles. The van der Waals surface area contributed by atoms with Gasteiger partial charge in [-0.1, -0.05) is 0 Å². The zero-order valence-corrected chi connectivity index (χ0v) is 11.4. The molecule has 0 aliphatic rings. The third-order valence-electron chi connectivity index (χ3n) is 2.55. The van der Waals surface area contributed by atoms with Crippen LogP contribution < -0.4 is 4.72 Å². The van der Waals surface area contributed by atoms with Gasteiger partial charge in [0.25, 0.3) is 0 Å². The first-order valence-corrected chi connectivity index (χ1v) is 7.73. The van der Waals surface area contributed by atoms with Crippen molar-refractivity contribution < 1.29 is 18.3 Å². The Kier molecular flexibility index (Phi) is 6.44. The SMILES string of the molecule is O=C(O)CCCCNS(=O)(=O)CCc1ccncc1. The number of carboxylic acid groups (broad SMARTS) is 1. The largest absolute Gasteiger partial charge is 0.481 e. The molecule has 0 amide bonds. The van der Waals surface area contributed by atoms with Crippen molar-refractivity contribution in [3.05, 3.63) is 30.1 Å². The van der Waals surface area contributed by atoms with E-state index in [9.17, 15) is 13.2 Å². The maximum Gasteiger partial charge on any atom is 0.303 e. The van der Waals surface area contributed by atoms with E-state index in [4.69, 9.17) is 5.11 Å². The number of nitrogens with zero attached hydrogens (tertiary/aromatic N) is 1. The summed E-state index contributed by atoms with van der Waals surface area (Å²) in [6, 6.07) is 3.56. The van der Waals surface area contributed by atoms with Crippen LogP contribution in [0.1, 0.15) is 24.8 Å². The summed E-state index contributed by atoms with van der Waals surface area (Å²) in [7, 11) is -3.30. The molecule has 0 bridgehead atoms. The lowest BCUT2D eigenvalue weighted by Crippen LogP contribution is -2.28. The summed E-state index contributed by atoms with van der Waals surface area (Å²) in [5, 5.41) is 8.44. The van der Waals surface area contributed by atoms with Gasteiger partial charge in [0.1, 0.15) is 0 Å². The molecule has 0 fully saturated rings. The van der Waals surface area contributed by atoms with Gasteiger partial charge >= 0.3 is 5.97 Å². The number of aryl methyl sites for hydroxylation is 1. The minimum Gasteiger partial charge on any atom is -0.481 e. The topological polar surface area (TPSA) is 96.4 Å². The first-order chi connectivity index (χ1) is 8.99. The number of carbonyl (C=O) groups is 1. The highest BCUT2D eigenvalue weighted by molar-refractivity contribution is 7.89. The van der Waals surface area contributed by atoms with Gasteiger partial charge in [-0.3, -0.25) is 9.78 Å². The van der Waals surface area contributed by atoms with Crippen LogP contribution in [0.3, 0.4) is 0 Å². The van der Waals surface area contributed by atoms with Crippen molar-refractivity contribution in [1.29, 1.82) is 0 Å². The number of unbranched alkanes of at least 4 members (excludes halogenated alkanes) is 1. The first kappa shape index (κ1) is 15.6. The van der Waals surface area contributed by atoms with Crippen molar-refractivity contribution in [3.8, 4) is 0 Å². The molecule has 6 nitrogen and oxygen atoms in total. The Bertz CT molecular complexity index is 488. The molecule has 2 N–H and O–H groups in total. The smallest absolute Gasteiger partial charge is 0.303 e. The zero-order chi connectivity index (χ0) is 14.1. The van der Waals surface area contributed by atoms with E-state index < -0.39 is 16.0 Å². The van der Waals surface area contributed by atoms with Crippen molar-refractivity contribution in [3.63, 3.8) is 0 Å². The van der Waals surface area contributed by atoms with E-state index in [1.807, 2.05) is 0 Å². The molecule has 1 aromatic heterocycles. The molecule has 7 heteroatoms. The molecule has 1 aromatic rings. The molecule has 106 valence electrons. The van der Waals surface area contributed by atoms with E-state index in [2.05, 4.69) is 9.71 Å². The predicted octanol–water partition coefficient (Wildman–Crippen LogP) is 0.798. The van der Waals surface area contributed by atoms with Gasteiger partial charge in [-0.05, 0) is 37.0 Å². The number of nitrogens with one attached hydrogen (secondary N) is 1. The third-order valence-corrected chi connectivity index (χ3v) is 3.93. The van der Waals surface area contributed by atoms with E-state index in [0.717, 1.165) is 5.56 Å². The summed E-state index contributed by atoms with van der Waals surface area (Å²) >= 11 is 0. The van der Waals surface area contributed by atoms with Gasteiger partial charge in [-0.25, -0.2) is 13.1 Å². The molecule has 19 heavy (non-hydrogen) atoms. The molecule has 0 atom stereocenters. The zero-order valence-electron chi connectivity index (χ0n) is 10.6. The molecular weight excluding hydrogens is 268 g/mol. The highest BCUT2D eigenvalue weighted by atomic mass is 32.2. The maximum atomic E-state index is 11.7. The second-order valence-corrected chi connectivity index (χ2v) is 6.10. The van der Waals surface area contributed by atoms with Gasteiger partial charge in [0, 0.05) is 25.4 Å². The summed E-state index contributed by atoms with van der Waals surface area (Å²) in [6.45, 7) is 0.284. The second-order valence-electron chi connectivity index (χ2n) is 4.17. The van der Waals surface area contributed by atoms with Gasteiger partial charge in [-0.2, -0.15) is 0 Å². The van der Waals surface area contributed by atoms with Crippen LogP contribution in [0.15, 0.2) is 24.5 Å². The number of hydrogen-bond donors (Lipinski definition) is 2. The average Bonchev–Trinajstić information content (AvgIpc) is 2.37. The van der Waals surface area contributed by atoms with E-state index >= 15 is 0 Å². The number of rotatable bonds is 9. The Morgan fingerprint density at radius 3 is 2.58 bits per heavy atom. The van der Waals surface area contributed by atoms with Crippen molar-refractivity contribution in [1.82, 2.24) is 9.71 Å². The number of hydrogen-bond acceptors (Lipinski definition) is 4. The molecule has 0 aliphatic carbocycles. The Balaban J connectivity index is 2.23. The molecule has 0 saturated heterocycles.